The highest BCUT2D eigenvalue weighted by Gasteiger charge is 2.61. The van der Waals surface area contributed by atoms with Gasteiger partial charge in [0.1, 0.15) is 0 Å². The van der Waals surface area contributed by atoms with E-state index in [-0.39, 0.29) is 0 Å². The number of carboxylic acid groups (broad SMARTS) is 1. The van der Waals surface area contributed by atoms with Crippen LogP contribution in [0.15, 0.2) is 30.3 Å². The Morgan fingerprint density at radius 2 is 1.69 bits per heavy atom. The number of hydrogen-bond acceptors (Lipinski definition) is 2. The molecule has 0 amide bonds. The number of halogens is 3. The maximum Gasteiger partial charge on any atom is 0.411 e. The van der Waals surface area contributed by atoms with Crippen LogP contribution < -0.4 is 0 Å². The van der Waals surface area contributed by atoms with Gasteiger partial charge in [-0.3, -0.25) is 4.79 Å². The molecule has 0 saturated heterocycles. The quantitative estimate of drug-likeness (QED) is 0.834. The molecule has 88 valence electrons. The third-order valence-corrected chi connectivity index (χ3v) is 2.35. The van der Waals surface area contributed by atoms with E-state index in [0.29, 0.717) is 0 Å². The van der Waals surface area contributed by atoms with E-state index in [1.54, 1.807) is 0 Å². The average molecular weight is 234 g/mol. The van der Waals surface area contributed by atoms with Crippen LogP contribution in [0.4, 0.5) is 13.2 Å². The number of aliphatic hydroxyl groups excluding tert-OH is 1. The molecule has 0 aliphatic rings. The lowest BCUT2D eigenvalue weighted by atomic mass is 9.80. The largest absolute Gasteiger partial charge is 0.480 e. The molecule has 3 nitrogen and oxygen atoms in total. The summed E-state index contributed by atoms with van der Waals surface area (Å²) >= 11 is 0. The second kappa shape index (κ2) is 4.13. The highest BCUT2D eigenvalue weighted by Crippen LogP contribution is 2.41. The molecule has 0 aliphatic carbocycles. The summed E-state index contributed by atoms with van der Waals surface area (Å²) in [6.07, 6.45) is -5.06. The van der Waals surface area contributed by atoms with Crippen LogP contribution in [0, 0.1) is 0 Å². The number of rotatable bonds is 3. The highest BCUT2D eigenvalue weighted by atomic mass is 19.4. The van der Waals surface area contributed by atoms with Gasteiger partial charge in [-0.25, -0.2) is 0 Å². The van der Waals surface area contributed by atoms with Crippen LogP contribution >= 0.6 is 0 Å². The lowest BCUT2D eigenvalue weighted by molar-refractivity contribution is -0.213. The molecular formula is C10H9F3O3. The predicted molar refractivity (Wildman–Crippen MR) is 48.9 cm³/mol. The second-order valence-corrected chi connectivity index (χ2v) is 3.23. The molecule has 0 spiro atoms. The van der Waals surface area contributed by atoms with E-state index in [1.165, 1.54) is 18.2 Å². The summed E-state index contributed by atoms with van der Waals surface area (Å²) in [5.74, 6) is -2.12. The van der Waals surface area contributed by atoms with E-state index >= 15 is 0 Å². The standard InChI is InChI=1S/C10H9F3O3/c11-10(12,13)9(6-14,8(15)16)7-4-2-1-3-5-7/h1-5,14H,6H2,(H,15,16)/t9-/m0/s1. The van der Waals surface area contributed by atoms with Crippen molar-refractivity contribution in [1.29, 1.82) is 0 Å². The van der Waals surface area contributed by atoms with Crippen molar-refractivity contribution in [2.24, 2.45) is 0 Å². The van der Waals surface area contributed by atoms with Crippen molar-refractivity contribution in [1.82, 2.24) is 0 Å². The van der Waals surface area contributed by atoms with Crippen molar-refractivity contribution in [3.05, 3.63) is 35.9 Å². The number of carbonyl (C=O) groups is 1. The molecule has 0 heterocycles. The fraction of sp³-hybridized carbons (Fsp3) is 0.300. The first kappa shape index (κ1) is 12.5. The SMILES string of the molecule is O=C(O)[C@](CO)(c1ccccc1)C(F)(F)F. The molecule has 16 heavy (non-hydrogen) atoms. The van der Waals surface area contributed by atoms with E-state index in [2.05, 4.69) is 0 Å². The molecule has 0 aliphatic heterocycles. The molecule has 1 aromatic rings. The second-order valence-electron chi connectivity index (χ2n) is 3.23. The molecule has 0 aromatic heterocycles. The minimum absolute atomic E-state index is 0.488. The minimum Gasteiger partial charge on any atom is -0.480 e. The third-order valence-electron chi connectivity index (χ3n) is 2.35. The Bertz CT molecular complexity index is 375. The number of alkyl halides is 3. The maximum absolute atomic E-state index is 12.8. The minimum atomic E-state index is -5.06. The molecule has 1 aromatic carbocycles. The number of hydrogen-bond donors (Lipinski definition) is 2. The van der Waals surface area contributed by atoms with Crippen LogP contribution in [-0.4, -0.2) is 29.0 Å². The lowest BCUT2D eigenvalue weighted by Crippen LogP contribution is -2.52. The first-order chi connectivity index (χ1) is 7.36. The molecule has 0 radical (unpaired) electrons. The summed E-state index contributed by atoms with van der Waals surface area (Å²) in [7, 11) is 0. The van der Waals surface area contributed by atoms with Gasteiger partial charge in [-0.15, -0.1) is 0 Å². The molecule has 0 fully saturated rings. The van der Waals surface area contributed by atoms with Crippen molar-refractivity contribution in [3.63, 3.8) is 0 Å². The molecule has 6 heteroatoms. The van der Waals surface area contributed by atoms with Crippen LogP contribution in [0.5, 0.6) is 0 Å². The summed E-state index contributed by atoms with van der Waals surface area (Å²) in [5.41, 5.74) is -3.74. The van der Waals surface area contributed by atoms with Crippen LogP contribution in [0.25, 0.3) is 0 Å². The topological polar surface area (TPSA) is 57.5 Å². The number of benzene rings is 1. The predicted octanol–water partition coefficient (Wildman–Crippen LogP) is 1.56. The molecule has 0 bridgehead atoms. The summed E-state index contributed by atoms with van der Waals surface area (Å²) in [6, 6.07) is 6.09. The monoisotopic (exact) mass is 234 g/mol. The summed E-state index contributed by atoms with van der Waals surface area (Å²) in [4.78, 5) is 10.8. The van der Waals surface area contributed by atoms with E-state index in [1.807, 2.05) is 0 Å². The summed E-state index contributed by atoms with van der Waals surface area (Å²) in [5, 5.41) is 17.6. The van der Waals surface area contributed by atoms with E-state index in [4.69, 9.17) is 10.2 Å². The lowest BCUT2D eigenvalue weighted by Gasteiger charge is -2.29. The van der Waals surface area contributed by atoms with Gasteiger partial charge in [-0.1, -0.05) is 30.3 Å². The van der Waals surface area contributed by atoms with Crippen LogP contribution in [0.1, 0.15) is 5.56 Å². The van der Waals surface area contributed by atoms with Gasteiger partial charge in [0.25, 0.3) is 0 Å². The van der Waals surface area contributed by atoms with Crippen molar-refractivity contribution < 1.29 is 28.2 Å². The maximum atomic E-state index is 12.8. The highest BCUT2D eigenvalue weighted by molar-refractivity contribution is 5.82. The van der Waals surface area contributed by atoms with Gasteiger partial charge in [0.2, 0.25) is 5.41 Å². The van der Waals surface area contributed by atoms with Gasteiger partial charge in [-0.05, 0) is 5.56 Å². The van der Waals surface area contributed by atoms with Crippen molar-refractivity contribution >= 4 is 5.97 Å². The van der Waals surface area contributed by atoms with E-state index in [9.17, 15) is 18.0 Å². The van der Waals surface area contributed by atoms with Gasteiger partial charge < -0.3 is 10.2 Å². The van der Waals surface area contributed by atoms with E-state index < -0.39 is 29.7 Å². The average Bonchev–Trinajstić information content (AvgIpc) is 2.18. The molecule has 1 atom stereocenters. The Labute approximate surface area is 89.1 Å². The zero-order valence-electron chi connectivity index (χ0n) is 8.03. The molecule has 2 N–H and O–H groups in total. The van der Waals surface area contributed by atoms with Gasteiger partial charge in [-0.2, -0.15) is 13.2 Å². The van der Waals surface area contributed by atoms with E-state index in [0.717, 1.165) is 12.1 Å². The van der Waals surface area contributed by atoms with Crippen LogP contribution in [0.3, 0.4) is 0 Å². The molecular weight excluding hydrogens is 225 g/mol. The van der Waals surface area contributed by atoms with Crippen molar-refractivity contribution in [2.45, 2.75) is 11.6 Å². The van der Waals surface area contributed by atoms with Gasteiger partial charge in [0, 0.05) is 0 Å². The van der Waals surface area contributed by atoms with Crippen LogP contribution in [-0.2, 0) is 10.2 Å². The number of aliphatic carboxylic acids is 1. The fourth-order valence-electron chi connectivity index (χ4n) is 1.38. The first-order valence-corrected chi connectivity index (χ1v) is 4.33. The smallest absolute Gasteiger partial charge is 0.411 e. The molecule has 1 rings (SSSR count). The molecule has 0 unspecified atom stereocenters. The third kappa shape index (κ3) is 1.76. The Hall–Kier alpha value is -1.56. The van der Waals surface area contributed by atoms with Gasteiger partial charge >= 0.3 is 12.1 Å². The first-order valence-electron chi connectivity index (χ1n) is 4.33. The van der Waals surface area contributed by atoms with Gasteiger partial charge in [0.15, 0.2) is 0 Å². The molecule has 0 saturated carbocycles. The Kier molecular flexibility index (Phi) is 3.23. The number of aliphatic hydroxyl groups is 1. The van der Waals surface area contributed by atoms with Crippen molar-refractivity contribution in [2.75, 3.05) is 6.61 Å². The fourth-order valence-corrected chi connectivity index (χ4v) is 1.38. The van der Waals surface area contributed by atoms with Crippen molar-refractivity contribution in [3.8, 4) is 0 Å². The number of carboxylic acids is 1. The Morgan fingerprint density at radius 1 is 1.19 bits per heavy atom. The van der Waals surface area contributed by atoms with Crippen LogP contribution in [0.2, 0.25) is 0 Å². The summed E-state index contributed by atoms with van der Waals surface area (Å²) < 4.78 is 38.3. The zero-order valence-corrected chi connectivity index (χ0v) is 8.03. The Morgan fingerprint density at radius 3 is 2.00 bits per heavy atom. The summed E-state index contributed by atoms with van der Waals surface area (Å²) in [6.45, 7) is -1.53. The van der Waals surface area contributed by atoms with Gasteiger partial charge in [0.05, 0.1) is 6.61 Å². The zero-order chi connectivity index (χ0) is 12.4. The Balaban J connectivity index is 3.42. The normalized spacial score (nSPS) is 15.5.